The Morgan fingerprint density at radius 1 is 0.417 bits per heavy atom. The second-order valence-corrected chi connectivity index (χ2v) is 9.65. The predicted molar refractivity (Wildman–Crippen MR) is 156 cm³/mol. The van der Waals surface area contributed by atoms with E-state index in [1.165, 1.54) is 49.4 Å². The molecule has 0 N–H and O–H groups in total. The fourth-order valence-electron chi connectivity index (χ4n) is 5.39. The first-order valence-corrected chi connectivity index (χ1v) is 12.5. The van der Waals surface area contributed by atoms with E-state index in [0.717, 1.165) is 17.1 Å². The van der Waals surface area contributed by atoms with Crippen LogP contribution in [0.1, 0.15) is 16.7 Å². The van der Waals surface area contributed by atoms with Crippen LogP contribution in [-0.2, 0) is 0 Å². The third-order valence-electron chi connectivity index (χ3n) is 7.13. The van der Waals surface area contributed by atoms with Crippen molar-refractivity contribution < 1.29 is 0 Å². The molecule has 0 aliphatic carbocycles. The highest BCUT2D eigenvalue weighted by Gasteiger charge is 2.16. The van der Waals surface area contributed by atoms with Crippen molar-refractivity contribution in [2.24, 2.45) is 0 Å². The molecule has 6 aromatic carbocycles. The Balaban J connectivity index is 1.54. The third kappa shape index (κ3) is 3.83. The van der Waals surface area contributed by atoms with Crippen LogP contribution < -0.4 is 4.90 Å². The van der Waals surface area contributed by atoms with E-state index in [0.29, 0.717) is 0 Å². The highest BCUT2D eigenvalue weighted by molar-refractivity contribution is 6.16. The molecule has 0 heterocycles. The van der Waals surface area contributed by atoms with Crippen molar-refractivity contribution in [3.05, 3.63) is 138 Å². The van der Waals surface area contributed by atoms with Gasteiger partial charge in [-0.25, -0.2) is 0 Å². The fraction of sp³-hybridized carbons (Fsp3) is 0.0857. The van der Waals surface area contributed by atoms with Gasteiger partial charge in [0.05, 0.1) is 0 Å². The molecule has 0 aliphatic rings. The number of hydrogen-bond acceptors (Lipinski definition) is 1. The Morgan fingerprint density at radius 3 is 1.44 bits per heavy atom. The van der Waals surface area contributed by atoms with E-state index in [9.17, 15) is 0 Å². The van der Waals surface area contributed by atoms with E-state index in [4.69, 9.17) is 0 Å². The van der Waals surface area contributed by atoms with Crippen molar-refractivity contribution in [3.63, 3.8) is 0 Å². The summed E-state index contributed by atoms with van der Waals surface area (Å²) in [4.78, 5) is 2.31. The first-order chi connectivity index (χ1) is 17.6. The molecule has 0 amide bonds. The summed E-state index contributed by atoms with van der Waals surface area (Å²) >= 11 is 0. The molecule has 174 valence electrons. The molecule has 0 unspecified atom stereocenters. The van der Waals surface area contributed by atoms with Gasteiger partial charge in [0.15, 0.2) is 0 Å². The van der Waals surface area contributed by atoms with Crippen molar-refractivity contribution in [1.82, 2.24) is 0 Å². The van der Waals surface area contributed by atoms with E-state index >= 15 is 0 Å². The Hall–Kier alpha value is -4.36. The number of benzene rings is 6. The highest BCUT2D eigenvalue weighted by Crippen LogP contribution is 2.41. The van der Waals surface area contributed by atoms with Crippen LogP contribution in [0.15, 0.2) is 121 Å². The van der Waals surface area contributed by atoms with Crippen molar-refractivity contribution in [2.75, 3.05) is 4.90 Å². The number of para-hydroxylation sites is 2. The molecule has 0 spiro atoms. The van der Waals surface area contributed by atoms with E-state index in [1.54, 1.807) is 0 Å². The van der Waals surface area contributed by atoms with Crippen LogP contribution in [-0.4, -0.2) is 0 Å². The Kier molecular flexibility index (Phi) is 5.54. The lowest BCUT2D eigenvalue weighted by Gasteiger charge is -2.25. The summed E-state index contributed by atoms with van der Waals surface area (Å²) in [5, 5.41) is 5.29. The van der Waals surface area contributed by atoms with Gasteiger partial charge in [-0.15, -0.1) is 0 Å². The molecule has 0 saturated carbocycles. The van der Waals surface area contributed by atoms with Crippen molar-refractivity contribution in [2.45, 2.75) is 20.8 Å². The molecule has 0 saturated heterocycles. The summed E-state index contributed by atoms with van der Waals surface area (Å²) in [6.07, 6.45) is 0. The maximum Gasteiger partial charge on any atom is 0.0462 e. The smallest absolute Gasteiger partial charge is 0.0462 e. The summed E-state index contributed by atoms with van der Waals surface area (Å²) in [5.41, 5.74) is 9.92. The first kappa shape index (κ1) is 22.1. The zero-order chi connectivity index (χ0) is 24.6. The van der Waals surface area contributed by atoms with Gasteiger partial charge in [0.2, 0.25) is 0 Å². The molecule has 6 rings (SSSR count). The summed E-state index contributed by atoms with van der Waals surface area (Å²) in [7, 11) is 0. The molecule has 36 heavy (non-hydrogen) atoms. The molecule has 0 aromatic heterocycles. The quantitative estimate of drug-likeness (QED) is 0.235. The molecule has 0 aliphatic heterocycles. The average molecular weight is 464 g/mol. The molecule has 0 bridgehead atoms. The first-order valence-electron chi connectivity index (χ1n) is 12.5. The maximum absolute atomic E-state index is 2.34. The normalized spacial score (nSPS) is 11.2. The average Bonchev–Trinajstić information content (AvgIpc) is 2.91. The van der Waals surface area contributed by atoms with Crippen molar-refractivity contribution in [1.29, 1.82) is 0 Å². The van der Waals surface area contributed by atoms with Gasteiger partial charge in [-0.2, -0.15) is 0 Å². The lowest BCUT2D eigenvalue weighted by molar-refractivity contribution is 1.28. The number of aryl methyl sites for hydroxylation is 3. The van der Waals surface area contributed by atoms with Gasteiger partial charge in [-0.1, -0.05) is 96.1 Å². The second-order valence-electron chi connectivity index (χ2n) is 9.65. The number of hydrogen-bond donors (Lipinski definition) is 0. The van der Waals surface area contributed by atoms with E-state index < -0.39 is 0 Å². The summed E-state index contributed by atoms with van der Waals surface area (Å²) < 4.78 is 0. The van der Waals surface area contributed by atoms with E-state index in [2.05, 4.69) is 147 Å². The minimum atomic E-state index is 1.14. The SMILES string of the molecule is Cc1ccc2c(c1)c(C)c(-c1ccc(N(c3ccccc3)c3ccccc3)cc1)c1cc(C)ccc12. The van der Waals surface area contributed by atoms with Crippen LogP contribution in [0.4, 0.5) is 17.1 Å². The second kappa shape index (κ2) is 9.02. The van der Waals surface area contributed by atoms with Gasteiger partial charge in [0, 0.05) is 17.1 Å². The standard InChI is InChI=1S/C35H29N/c1-24-14-20-31-32-21-15-25(2)23-34(32)35(26(3)33(31)22-24)27-16-18-30(19-17-27)36(28-10-6-4-7-11-28)29-12-8-5-9-13-29/h4-23H,1-3H3. The molecule has 6 aromatic rings. The number of fused-ring (bicyclic) bond motifs is 3. The summed E-state index contributed by atoms with van der Waals surface area (Å²) in [6, 6.07) is 43.9. The maximum atomic E-state index is 2.34. The van der Waals surface area contributed by atoms with Gasteiger partial charge in [0.1, 0.15) is 0 Å². The largest absolute Gasteiger partial charge is 0.311 e. The zero-order valence-electron chi connectivity index (χ0n) is 21.0. The number of anilines is 3. The lowest BCUT2D eigenvalue weighted by Crippen LogP contribution is -2.09. The Bertz CT molecular complexity index is 1640. The summed E-state index contributed by atoms with van der Waals surface area (Å²) in [6.45, 7) is 6.63. The number of nitrogens with zero attached hydrogens (tertiary/aromatic N) is 1. The van der Waals surface area contributed by atoms with Crippen LogP contribution in [0, 0.1) is 20.8 Å². The minimum Gasteiger partial charge on any atom is -0.311 e. The van der Waals surface area contributed by atoms with Crippen LogP contribution in [0.25, 0.3) is 32.7 Å². The van der Waals surface area contributed by atoms with Gasteiger partial charge in [-0.05, 0) is 95.4 Å². The topological polar surface area (TPSA) is 3.24 Å². The zero-order valence-corrected chi connectivity index (χ0v) is 21.0. The minimum absolute atomic E-state index is 1.14. The Morgan fingerprint density at radius 2 is 0.889 bits per heavy atom. The highest BCUT2D eigenvalue weighted by atomic mass is 15.1. The number of rotatable bonds is 4. The Labute approximate surface area is 213 Å². The molecule has 0 atom stereocenters. The molecule has 0 fully saturated rings. The van der Waals surface area contributed by atoms with Crippen LogP contribution >= 0.6 is 0 Å². The van der Waals surface area contributed by atoms with Gasteiger partial charge in [-0.3, -0.25) is 0 Å². The molecule has 0 radical (unpaired) electrons. The van der Waals surface area contributed by atoms with Gasteiger partial charge < -0.3 is 4.90 Å². The van der Waals surface area contributed by atoms with Crippen molar-refractivity contribution in [3.8, 4) is 11.1 Å². The van der Waals surface area contributed by atoms with Crippen LogP contribution in [0.2, 0.25) is 0 Å². The molecule has 1 nitrogen and oxygen atoms in total. The fourth-order valence-corrected chi connectivity index (χ4v) is 5.39. The molecular weight excluding hydrogens is 434 g/mol. The predicted octanol–water partition coefficient (Wildman–Crippen LogP) is 10.1. The van der Waals surface area contributed by atoms with Crippen molar-refractivity contribution >= 4 is 38.6 Å². The van der Waals surface area contributed by atoms with E-state index in [1.807, 2.05) is 0 Å². The monoisotopic (exact) mass is 463 g/mol. The third-order valence-corrected chi connectivity index (χ3v) is 7.13. The van der Waals surface area contributed by atoms with E-state index in [-0.39, 0.29) is 0 Å². The van der Waals surface area contributed by atoms with Crippen LogP contribution in [0.5, 0.6) is 0 Å². The lowest BCUT2D eigenvalue weighted by atomic mass is 9.87. The van der Waals surface area contributed by atoms with Crippen LogP contribution in [0.3, 0.4) is 0 Å². The molecule has 1 heteroatoms. The van der Waals surface area contributed by atoms with Gasteiger partial charge in [0.25, 0.3) is 0 Å². The van der Waals surface area contributed by atoms with Gasteiger partial charge >= 0.3 is 0 Å². The summed E-state index contributed by atoms with van der Waals surface area (Å²) in [5.74, 6) is 0. The molecular formula is C35H29N.